The average molecular weight is 339 g/mol. The third-order valence-electron chi connectivity index (χ3n) is 3.85. The highest BCUT2D eigenvalue weighted by Gasteiger charge is 2.25. The Balaban J connectivity index is 2.13. The molecule has 3 aromatic rings. The molecule has 1 heterocycles. The minimum Gasteiger partial charge on any atom is -0.287 e. The number of hydrogen-bond donors (Lipinski definition) is 0. The summed E-state index contributed by atoms with van der Waals surface area (Å²) in [7, 11) is -3.82. The molecule has 0 aliphatic heterocycles. The minimum absolute atomic E-state index is 0.139. The van der Waals surface area contributed by atoms with Crippen LogP contribution in [0.2, 0.25) is 0 Å². The van der Waals surface area contributed by atoms with Gasteiger partial charge in [0.1, 0.15) is 5.69 Å². The fourth-order valence-corrected chi connectivity index (χ4v) is 4.12. The second-order valence-corrected chi connectivity index (χ2v) is 7.42. The first-order valence-corrected chi connectivity index (χ1v) is 8.95. The number of carbonyl (C=O) groups excluding carboxylic acids is 1. The number of nitrogens with zero attached hydrogens (tertiary/aromatic N) is 1. The smallest absolute Gasteiger partial charge is 0.268 e. The predicted molar refractivity (Wildman–Crippen MR) is 92.8 cm³/mol. The van der Waals surface area contributed by atoms with E-state index in [9.17, 15) is 13.2 Å². The summed E-state index contributed by atoms with van der Waals surface area (Å²) >= 11 is 0. The van der Waals surface area contributed by atoms with Crippen molar-refractivity contribution in [3.05, 3.63) is 89.2 Å². The van der Waals surface area contributed by atoms with E-state index in [1.807, 2.05) is 19.1 Å². The Kier molecular flexibility index (Phi) is 4.11. The molecule has 0 spiro atoms. The Morgan fingerprint density at radius 1 is 0.833 bits per heavy atom. The molecule has 2 aromatic carbocycles. The first kappa shape index (κ1) is 16.2. The normalized spacial score (nSPS) is 11.4. The molecule has 0 amide bonds. The second kappa shape index (κ2) is 6.09. The summed E-state index contributed by atoms with van der Waals surface area (Å²) in [5, 5.41) is 0. The largest absolute Gasteiger partial charge is 0.287 e. The highest BCUT2D eigenvalue weighted by molar-refractivity contribution is 7.90. The van der Waals surface area contributed by atoms with Crippen molar-refractivity contribution in [3.8, 4) is 0 Å². The first-order valence-electron chi connectivity index (χ1n) is 7.51. The first-order chi connectivity index (χ1) is 11.4. The van der Waals surface area contributed by atoms with E-state index in [0.717, 1.165) is 9.54 Å². The Morgan fingerprint density at radius 3 is 2.08 bits per heavy atom. The van der Waals surface area contributed by atoms with Crippen molar-refractivity contribution in [3.63, 3.8) is 0 Å². The van der Waals surface area contributed by atoms with Crippen LogP contribution in [0.15, 0.2) is 71.6 Å². The molecule has 0 saturated carbocycles. The second-order valence-electron chi connectivity index (χ2n) is 5.64. The van der Waals surface area contributed by atoms with Gasteiger partial charge in [-0.05, 0) is 38.1 Å². The molecule has 0 aliphatic carbocycles. The van der Waals surface area contributed by atoms with E-state index >= 15 is 0 Å². The van der Waals surface area contributed by atoms with E-state index in [-0.39, 0.29) is 16.4 Å². The van der Waals surface area contributed by atoms with Crippen LogP contribution in [0.5, 0.6) is 0 Å². The zero-order valence-corrected chi connectivity index (χ0v) is 14.2. The van der Waals surface area contributed by atoms with Gasteiger partial charge in [0.05, 0.1) is 4.90 Å². The fourth-order valence-electron chi connectivity index (χ4n) is 2.56. The van der Waals surface area contributed by atoms with Gasteiger partial charge in [-0.15, -0.1) is 0 Å². The summed E-state index contributed by atoms with van der Waals surface area (Å²) in [5.41, 5.74) is 2.13. The molecular formula is C19H17NO3S. The van der Waals surface area contributed by atoms with E-state index in [4.69, 9.17) is 0 Å². The maximum absolute atomic E-state index is 12.9. The van der Waals surface area contributed by atoms with E-state index < -0.39 is 10.0 Å². The molecule has 3 rings (SSSR count). The van der Waals surface area contributed by atoms with Crippen LogP contribution in [0.1, 0.15) is 27.3 Å². The van der Waals surface area contributed by atoms with Gasteiger partial charge in [0.2, 0.25) is 5.78 Å². The van der Waals surface area contributed by atoms with Crippen molar-refractivity contribution in [2.75, 3.05) is 0 Å². The van der Waals surface area contributed by atoms with Crippen LogP contribution >= 0.6 is 0 Å². The lowest BCUT2D eigenvalue weighted by Crippen LogP contribution is -2.20. The molecule has 0 atom stereocenters. The highest BCUT2D eigenvalue weighted by atomic mass is 32.2. The van der Waals surface area contributed by atoms with E-state index in [2.05, 4.69) is 0 Å². The van der Waals surface area contributed by atoms with Crippen molar-refractivity contribution in [1.82, 2.24) is 3.97 Å². The third kappa shape index (κ3) is 2.78. The molecular weight excluding hydrogens is 322 g/mol. The molecule has 4 nitrogen and oxygen atoms in total. The van der Waals surface area contributed by atoms with Gasteiger partial charge in [-0.2, -0.15) is 0 Å². The van der Waals surface area contributed by atoms with E-state index in [0.29, 0.717) is 11.3 Å². The minimum atomic E-state index is -3.82. The summed E-state index contributed by atoms with van der Waals surface area (Å²) in [4.78, 5) is 12.9. The van der Waals surface area contributed by atoms with Crippen LogP contribution in [0, 0.1) is 13.8 Å². The van der Waals surface area contributed by atoms with Crippen molar-refractivity contribution >= 4 is 15.8 Å². The number of hydrogen-bond acceptors (Lipinski definition) is 3. The lowest BCUT2D eigenvalue weighted by molar-refractivity contribution is 0.103. The summed E-state index contributed by atoms with van der Waals surface area (Å²) in [6.45, 7) is 3.60. The van der Waals surface area contributed by atoms with Gasteiger partial charge in [-0.25, -0.2) is 12.4 Å². The van der Waals surface area contributed by atoms with E-state index in [1.165, 1.54) is 12.1 Å². The molecule has 0 N–H and O–H groups in total. The van der Waals surface area contributed by atoms with Crippen LogP contribution in [0.25, 0.3) is 0 Å². The molecule has 0 fully saturated rings. The monoisotopic (exact) mass is 339 g/mol. The molecule has 0 unspecified atom stereocenters. The number of ketones is 1. The van der Waals surface area contributed by atoms with Gasteiger partial charge in [-0.1, -0.05) is 48.0 Å². The van der Waals surface area contributed by atoms with Crippen LogP contribution in [0.4, 0.5) is 0 Å². The number of rotatable bonds is 4. The standard InChI is InChI=1S/C19H17NO3S/c1-14-8-11-16(12-9-14)19(21)18-13-10-15(2)20(18)24(22,23)17-6-4-3-5-7-17/h3-13H,1-2H3. The molecule has 1 aromatic heterocycles. The van der Waals surface area contributed by atoms with Crippen molar-refractivity contribution in [2.24, 2.45) is 0 Å². The quantitative estimate of drug-likeness (QED) is 0.683. The zero-order chi connectivity index (χ0) is 17.3. The Hall–Kier alpha value is -2.66. The van der Waals surface area contributed by atoms with Gasteiger partial charge in [0.15, 0.2) is 0 Å². The van der Waals surface area contributed by atoms with Gasteiger partial charge < -0.3 is 0 Å². The fraction of sp³-hybridized carbons (Fsp3) is 0.105. The molecule has 122 valence electrons. The van der Waals surface area contributed by atoms with Crippen LogP contribution in [-0.4, -0.2) is 18.2 Å². The molecule has 24 heavy (non-hydrogen) atoms. The van der Waals surface area contributed by atoms with E-state index in [1.54, 1.807) is 49.4 Å². The van der Waals surface area contributed by atoms with Gasteiger partial charge in [0, 0.05) is 11.3 Å². The van der Waals surface area contributed by atoms with Gasteiger partial charge in [-0.3, -0.25) is 4.79 Å². The highest BCUT2D eigenvalue weighted by Crippen LogP contribution is 2.22. The number of carbonyl (C=O) groups is 1. The van der Waals surface area contributed by atoms with Crippen molar-refractivity contribution in [1.29, 1.82) is 0 Å². The zero-order valence-electron chi connectivity index (χ0n) is 13.4. The maximum Gasteiger partial charge on any atom is 0.268 e. The Morgan fingerprint density at radius 2 is 1.46 bits per heavy atom. The number of aromatic nitrogens is 1. The lowest BCUT2D eigenvalue weighted by atomic mass is 10.1. The van der Waals surface area contributed by atoms with Crippen LogP contribution < -0.4 is 0 Å². The summed E-state index contributed by atoms with van der Waals surface area (Å²) in [6, 6.07) is 18.4. The number of benzene rings is 2. The van der Waals surface area contributed by atoms with Crippen LogP contribution in [-0.2, 0) is 10.0 Å². The molecule has 5 heteroatoms. The van der Waals surface area contributed by atoms with Gasteiger partial charge in [0.25, 0.3) is 10.0 Å². The molecule has 0 saturated heterocycles. The van der Waals surface area contributed by atoms with Crippen molar-refractivity contribution < 1.29 is 13.2 Å². The van der Waals surface area contributed by atoms with Gasteiger partial charge >= 0.3 is 0 Å². The lowest BCUT2D eigenvalue weighted by Gasteiger charge is -2.12. The number of aryl methyl sites for hydroxylation is 2. The molecule has 0 aliphatic rings. The maximum atomic E-state index is 12.9. The molecule has 0 bridgehead atoms. The predicted octanol–water partition coefficient (Wildman–Crippen LogP) is 3.57. The summed E-state index contributed by atoms with van der Waals surface area (Å²) in [6.07, 6.45) is 0. The van der Waals surface area contributed by atoms with Crippen LogP contribution in [0.3, 0.4) is 0 Å². The summed E-state index contributed by atoms with van der Waals surface area (Å²) < 4.78 is 27.0. The SMILES string of the molecule is Cc1ccc(C(=O)c2ccc(C)n2S(=O)(=O)c2ccccc2)cc1. The average Bonchev–Trinajstić information content (AvgIpc) is 2.98. The Bertz CT molecular complexity index is 985. The topological polar surface area (TPSA) is 56.1 Å². The Labute approximate surface area is 141 Å². The third-order valence-corrected chi connectivity index (χ3v) is 5.68. The molecule has 0 radical (unpaired) electrons. The van der Waals surface area contributed by atoms with Crippen molar-refractivity contribution in [2.45, 2.75) is 18.7 Å². The summed E-state index contributed by atoms with van der Waals surface area (Å²) in [5.74, 6) is -0.317.